The summed E-state index contributed by atoms with van der Waals surface area (Å²) in [4.78, 5) is 4.70. The lowest BCUT2D eigenvalue weighted by Gasteiger charge is -2.48. The third-order valence-corrected chi connectivity index (χ3v) is 7.10. The van der Waals surface area contributed by atoms with E-state index in [0.29, 0.717) is 5.82 Å². The summed E-state index contributed by atoms with van der Waals surface area (Å²) in [7, 11) is 0. The first-order valence-electron chi connectivity index (χ1n) is 10.6. The molecule has 1 aromatic heterocycles. The molecule has 0 atom stereocenters. The second-order valence-electron chi connectivity index (χ2n) is 8.84. The predicted molar refractivity (Wildman–Crippen MR) is 122 cm³/mol. The summed E-state index contributed by atoms with van der Waals surface area (Å²) in [5, 5.41) is 14.8. The van der Waals surface area contributed by atoms with Crippen molar-refractivity contribution < 1.29 is 0 Å². The van der Waals surface area contributed by atoms with E-state index < -0.39 is 0 Å². The van der Waals surface area contributed by atoms with Gasteiger partial charge in [-0.2, -0.15) is 0 Å². The number of hydrogen-bond acceptors (Lipinski definition) is 6. The fraction of sp³-hybridized carbons (Fsp3) is 0.348. The third-order valence-electron chi connectivity index (χ3n) is 6.86. The Hall–Kier alpha value is -2.90. The molecule has 7 nitrogen and oxygen atoms in total. The molecule has 2 heterocycles. The van der Waals surface area contributed by atoms with Gasteiger partial charge >= 0.3 is 0 Å². The highest BCUT2D eigenvalue weighted by Crippen LogP contribution is 2.43. The maximum Gasteiger partial charge on any atom is 0.179 e. The first kappa shape index (κ1) is 20.0. The van der Waals surface area contributed by atoms with Crippen LogP contribution >= 0.6 is 11.6 Å². The van der Waals surface area contributed by atoms with Gasteiger partial charge in [-0.15, -0.1) is 5.10 Å². The van der Waals surface area contributed by atoms with Crippen LogP contribution in [0, 0.1) is 0 Å². The molecule has 0 spiro atoms. The zero-order valence-electron chi connectivity index (χ0n) is 17.5. The van der Waals surface area contributed by atoms with Crippen LogP contribution in [0.15, 0.2) is 60.9 Å². The van der Waals surface area contributed by atoms with Crippen molar-refractivity contribution in [2.45, 2.75) is 43.7 Å². The second kappa shape index (κ2) is 7.66. The number of tetrazole rings is 1. The molecular formula is C23H26ClN7. The van der Waals surface area contributed by atoms with Gasteiger partial charge in [0.25, 0.3) is 0 Å². The normalized spacial score (nSPS) is 25.9. The van der Waals surface area contributed by atoms with Gasteiger partial charge in [-0.3, -0.25) is 0 Å². The van der Waals surface area contributed by atoms with Crippen LogP contribution in [-0.2, 0) is 5.54 Å². The molecule has 2 aliphatic rings. The first-order valence-corrected chi connectivity index (χ1v) is 10.9. The molecule has 1 saturated carbocycles. The molecular weight excluding hydrogens is 410 g/mol. The molecule has 31 heavy (non-hydrogen) atoms. The van der Waals surface area contributed by atoms with Crippen LogP contribution in [0.5, 0.6) is 0 Å². The number of benzene rings is 2. The fourth-order valence-electron chi connectivity index (χ4n) is 4.64. The molecule has 5 rings (SSSR count). The zero-order chi connectivity index (χ0) is 21.5. The van der Waals surface area contributed by atoms with E-state index in [4.69, 9.17) is 17.3 Å². The highest BCUT2D eigenvalue weighted by molar-refractivity contribution is 6.30. The SMILES string of the molecule is CC1(N2C=CN(c3ccc(-c4nnn[nH]4)cc3)C2)CCC(N)(c2cccc(Cl)c2)CC1. The van der Waals surface area contributed by atoms with Crippen LogP contribution in [0.1, 0.15) is 38.2 Å². The van der Waals surface area contributed by atoms with Crippen LogP contribution in [0.3, 0.4) is 0 Å². The Kier molecular flexibility index (Phi) is 4.95. The smallest absolute Gasteiger partial charge is 0.179 e. The average Bonchev–Trinajstić information content (AvgIpc) is 3.49. The van der Waals surface area contributed by atoms with E-state index in [2.05, 4.69) is 67.9 Å². The quantitative estimate of drug-likeness (QED) is 0.636. The van der Waals surface area contributed by atoms with E-state index in [1.54, 1.807) is 0 Å². The largest absolute Gasteiger partial charge is 0.353 e. The Morgan fingerprint density at radius 3 is 2.48 bits per heavy atom. The molecule has 1 aliphatic carbocycles. The number of nitrogens with two attached hydrogens (primary N) is 1. The van der Waals surface area contributed by atoms with Gasteiger partial charge in [0.1, 0.15) is 0 Å². The number of nitrogens with one attached hydrogen (secondary N) is 1. The summed E-state index contributed by atoms with van der Waals surface area (Å²) in [6.45, 7) is 3.17. The topological polar surface area (TPSA) is 87.0 Å². The van der Waals surface area contributed by atoms with Crippen molar-refractivity contribution in [3.63, 3.8) is 0 Å². The molecule has 8 heteroatoms. The maximum atomic E-state index is 6.82. The average molecular weight is 436 g/mol. The van der Waals surface area contributed by atoms with Gasteiger partial charge in [0.2, 0.25) is 0 Å². The summed E-state index contributed by atoms with van der Waals surface area (Å²) in [5.41, 5.74) is 9.84. The van der Waals surface area contributed by atoms with Gasteiger partial charge in [-0.05, 0) is 85.0 Å². The first-order chi connectivity index (χ1) is 15.0. The van der Waals surface area contributed by atoms with Gasteiger partial charge in [0.05, 0.1) is 6.67 Å². The summed E-state index contributed by atoms with van der Waals surface area (Å²) >= 11 is 6.21. The van der Waals surface area contributed by atoms with Gasteiger partial charge in [-0.1, -0.05) is 23.7 Å². The Morgan fingerprint density at radius 1 is 1.03 bits per heavy atom. The molecule has 0 radical (unpaired) electrons. The van der Waals surface area contributed by atoms with E-state index in [-0.39, 0.29) is 11.1 Å². The molecule has 0 unspecified atom stereocenters. The van der Waals surface area contributed by atoms with E-state index in [0.717, 1.165) is 54.2 Å². The van der Waals surface area contributed by atoms with Crippen LogP contribution in [-0.4, -0.2) is 37.7 Å². The van der Waals surface area contributed by atoms with Crippen molar-refractivity contribution in [1.29, 1.82) is 0 Å². The monoisotopic (exact) mass is 435 g/mol. The number of H-pyrrole nitrogens is 1. The van der Waals surface area contributed by atoms with E-state index in [9.17, 15) is 0 Å². The summed E-state index contributed by atoms with van der Waals surface area (Å²) < 4.78 is 0. The van der Waals surface area contributed by atoms with Gasteiger partial charge in [0.15, 0.2) is 5.82 Å². The highest BCUT2D eigenvalue weighted by atomic mass is 35.5. The minimum absolute atomic E-state index is 0.0815. The molecule has 0 saturated heterocycles. The van der Waals surface area contributed by atoms with Crippen molar-refractivity contribution in [2.24, 2.45) is 5.73 Å². The minimum Gasteiger partial charge on any atom is -0.353 e. The summed E-state index contributed by atoms with van der Waals surface area (Å²) in [5.74, 6) is 0.671. The van der Waals surface area contributed by atoms with Crippen LogP contribution < -0.4 is 10.6 Å². The number of hydrogen-bond donors (Lipinski definition) is 2. The molecule has 3 N–H and O–H groups in total. The Morgan fingerprint density at radius 2 is 1.81 bits per heavy atom. The molecule has 1 fully saturated rings. The van der Waals surface area contributed by atoms with Crippen molar-refractivity contribution in [1.82, 2.24) is 25.5 Å². The van der Waals surface area contributed by atoms with E-state index in [1.807, 2.05) is 30.3 Å². The highest BCUT2D eigenvalue weighted by Gasteiger charge is 2.42. The van der Waals surface area contributed by atoms with E-state index in [1.165, 1.54) is 0 Å². The fourth-order valence-corrected chi connectivity index (χ4v) is 4.83. The van der Waals surface area contributed by atoms with Gasteiger partial charge < -0.3 is 15.5 Å². The van der Waals surface area contributed by atoms with Crippen LogP contribution in [0.4, 0.5) is 5.69 Å². The molecule has 0 amide bonds. The Balaban J connectivity index is 1.25. The van der Waals surface area contributed by atoms with Gasteiger partial charge in [-0.25, -0.2) is 5.10 Å². The minimum atomic E-state index is -0.307. The lowest BCUT2D eigenvalue weighted by molar-refractivity contribution is 0.0888. The number of rotatable bonds is 4. The lowest BCUT2D eigenvalue weighted by Crippen LogP contribution is -2.52. The summed E-state index contributed by atoms with van der Waals surface area (Å²) in [6.07, 6.45) is 8.30. The molecule has 2 aromatic carbocycles. The number of aromatic nitrogens is 4. The van der Waals surface area contributed by atoms with Gasteiger partial charge in [0, 0.05) is 39.8 Å². The van der Waals surface area contributed by atoms with Crippen molar-refractivity contribution in [2.75, 3.05) is 11.6 Å². The third kappa shape index (κ3) is 3.79. The maximum absolute atomic E-state index is 6.82. The number of nitrogens with zero attached hydrogens (tertiary/aromatic N) is 5. The summed E-state index contributed by atoms with van der Waals surface area (Å²) in [6, 6.07) is 16.3. The standard InChI is InChI=1S/C23H26ClN7/c1-22(9-11-23(25,12-10-22)18-3-2-4-19(24)15-18)31-14-13-30(16-31)20-7-5-17(6-8-20)21-26-28-29-27-21/h2-8,13-15H,9-12,16,25H2,1H3,(H,26,27,28,29). The van der Waals surface area contributed by atoms with Crippen molar-refractivity contribution >= 4 is 17.3 Å². The predicted octanol–water partition coefficient (Wildman–Crippen LogP) is 4.26. The van der Waals surface area contributed by atoms with Crippen LogP contribution in [0.25, 0.3) is 11.4 Å². The number of aromatic amines is 1. The Labute approximate surface area is 186 Å². The van der Waals surface area contributed by atoms with Crippen molar-refractivity contribution in [3.05, 3.63) is 71.5 Å². The van der Waals surface area contributed by atoms with Crippen molar-refractivity contribution in [3.8, 4) is 11.4 Å². The molecule has 1 aliphatic heterocycles. The Bertz CT molecular complexity index is 1070. The molecule has 3 aromatic rings. The number of halogens is 1. The number of anilines is 1. The zero-order valence-corrected chi connectivity index (χ0v) is 18.3. The van der Waals surface area contributed by atoms with Crippen LogP contribution in [0.2, 0.25) is 5.02 Å². The second-order valence-corrected chi connectivity index (χ2v) is 9.28. The molecule has 0 bridgehead atoms. The molecule has 160 valence electrons. The van der Waals surface area contributed by atoms with E-state index >= 15 is 0 Å². The lowest BCUT2D eigenvalue weighted by atomic mass is 9.70.